The minimum absolute atomic E-state index is 0.0174. The van der Waals surface area contributed by atoms with Crippen LogP contribution in [0.1, 0.15) is 75.5 Å². The van der Waals surface area contributed by atoms with Gasteiger partial charge in [0.05, 0.1) is 39.4 Å². The van der Waals surface area contributed by atoms with Gasteiger partial charge in [-0.15, -0.1) is 0 Å². The predicted octanol–water partition coefficient (Wildman–Crippen LogP) is 5.57. The molecule has 7 rings (SSSR count). The summed E-state index contributed by atoms with van der Waals surface area (Å²) in [5.41, 5.74) is 11.0. The van der Waals surface area contributed by atoms with Crippen molar-refractivity contribution in [2.24, 2.45) is 5.92 Å². The molecule has 3 N–H and O–H groups in total. The molecule has 10 nitrogen and oxygen atoms in total. The number of nitrogen functional groups attached to an aromatic ring is 1. The number of aromatic amines is 1. The second-order valence-corrected chi connectivity index (χ2v) is 14.6. The van der Waals surface area contributed by atoms with Crippen molar-refractivity contribution < 1.29 is 9.59 Å². The number of hydrogen-bond donors (Lipinski definition) is 2. The first-order chi connectivity index (χ1) is 23.8. The topological polar surface area (TPSA) is 121 Å². The lowest BCUT2D eigenvalue weighted by molar-refractivity contribution is -0.143. The van der Waals surface area contributed by atoms with E-state index in [2.05, 4.69) is 14.9 Å². The molecule has 0 saturated carbocycles. The highest BCUT2D eigenvalue weighted by Crippen LogP contribution is 2.31. The molecule has 5 heterocycles. The largest absolute Gasteiger partial charge is 0.397 e. The van der Waals surface area contributed by atoms with E-state index in [0.29, 0.717) is 49.1 Å². The Morgan fingerprint density at radius 3 is 2.39 bits per heavy atom. The molecule has 0 bridgehead atoms. The highest BCUT2D eigenvalue weighted by atomic mass is 35.5. The number of amides is 2. The Morgan fingerprint density at radius 1 is 0.959 bits per heavy atom. The zero-order chi connectivity index (χ0) is 34.1. The minimum atomic E-state index is -0.489. The molecular weight excluding hydrogens is 638 g/mol. The number of para-hydroxylation sites is 1. The smallest absolute Gasteiger partial charge is 0.326 e. The highest BCUT2D eigenvalue weighted by Gasteiger charge is 2.34. The van der Waals surface area contributed by atoms with Gasteiger partial charge in [0, 0.05) is 50.1 Å². The van der Waals surface area contributed by atoms with E-state index in [1.165, 1.54) is 19.3 Å². The third-order valence-electron chi connectivity index (χ3n) is 11.2. The summed E-state index contributed by atoms with van der Waals surface area (Å²) in [6.45, 7) is 6.86. The van der Waals surface area contributed by atoms with Crippen molar-refractivity contribution in [3.8, 4) is 0 Å². The summed E-state index contributed by atoms with van der Waals surface area (Å²) < 4.78 is 1.81. The average molecular weight is 686 g/mol. The van der Waals surface area contributed by atoms with Gasteiger partial charge >= 0.3 is 5.69 Å². The maximum absolute atomic E-state index is 14.2. The SMILES string of the molecule is CCc1cc(C[C@@H](CC(=O)N2CCC(n3c(=O)[nH]c4c5ccccc5ncc43)CC2)C(=O)N2CCC(N3CCCCC3)CC2)cc(Cl)c1N. The molecule has 3 fully saturated rings. The molecule has 4 aromatic rings. The zero-order valence-corrected chi connectivity index (χ0v) is 29.3. The number of pyridine rings is 1. The Hall–Kier alpha value is -3.89. The molecule has 2 aromatic carbocycles. The summed E-state index contributed by atoms with van der Waals surface area (Å²) >= 11 is 6.53. The summed E-state index contributed by atoms with van der Waals surface area (Å²) in [5, 5.41) is 1.41. The van der Waals surface area contributed by atoms with Crippen LogP contribution in [0.15, 0.2) is 47.4 Å². The van der Waals surface area contributed by atoms with Gasteiger partial charge < -0.3 is 25.4 Å². The van der Waals surface area contributed by atoms with Crippen LogP contribution in [0.25, 0.3) is 21.9 Å². The maximum Gasteiger partial charge on any atom is 0.326 e. The number of aryl methyl sites for hydroxylation is 1. The fraction of sp³-hybridized carbons (Fsp3) is 0.526. The predicted molar refractivity (Wildman–Crippen MR) is 195 cm³/mol. The van der Waals surface area contributed by atoms with Crippen molar-refractivity contribution in [2.75, 3.05) is 45.0 Å². The quantitative estimate of drug-likeness (QED) is 0.234. The molecule has 0 unspecified atom stereocenters. The number of fused-ring (bicyclic) bond motifs is 3. The molecule has 0 radical (unpaired) electrons. The van der Waals surface area contributed by atoms with Crippen molar-refractivity contribution in [3.05, 3.63) is 69.2 Å². The van der Waals surface area contributed by atoms with E-state index < -0.39 is 5.92 Å². The van der Waals surface area contributed by atoms with Crippen LogP contribution in [-0.4, -0.2) is 86.4 Å². The maximum atomic E-state index is 14.2. The lowest BCUT2D eigenvalue weighted by Gasteiger charge is -2.41. The van der Waals surface area contributed by atoms with Gasteiger partial charge in [-0.3, -0.25) is 19.1 Å². The summed E-state index contributed by atoms with van der Waals surface area (Å²) in [6.07, 6.45) is 10.2. The molecule has 0 aliphatic carbocycles. The van der Waals surface area contributed by atoms with Crippen molar-refractivity contribution in [3.63, 3.8) is 0 Å². The van der Waals surface area contributed by atoms with E-state index >= 15 is 0 Å². The number of hydrogen-bond acceptors (Lipinski definition) is 6. The summed E-state index contributed by atoms with van der Waals surface area (Å²) in [7, 11) is 0. The molecule has 3 aliphatic rings. The molecule has 49 heavy (non-hydrogen) atoms. The Bertz CT molecular complexity index is 1880. The molecule has 260 valence electrons. The van der Waals surface area contributed by atoms with Gasteiger partial charge in [0.1, 0.15) is 0 Å². The number of aromatic nitrogens is 3. The molecule has 2 amide bonds. The van der Waals surface area contributed by atoms with Crippen molar-refractivity contribution in [2.45, 2.75) is 83.2 Å². The molecule has 3 aliphatic heterocycles. The number of H-pyrrole nitrogens is 1. The number of carbonyl (C=O) groups excluding carboxylic acids is 2. The lowest BCUT2D eigenvalue weighted by Crippen LogP contribution is -2.50. The van der Waals surface area contributed by atoms with Gasteiger partial charge in [-0.05, 0) is 87.7 Å². The first-order valence-electron chi connectivity index (χ1n) is 18.2. The Labute approximate surface area is 292 Å². The Balaban J connectivity index is 1.05. The van der Waals surface area contributed by atoms with Crippen LogP contribution < -0.4 is 11.4 Å². The van der Waals surface area contributed by atoms with E-state index in [9.17, 15) is 14.4 Å². The van der Waals surface area contributed by atoms with Crippen LogP contribution in [-0.2, 0) is 22.4 Å². The van der Waals surface area contributed by atoms with Crippen LogP contribution in [0.5, 0.6) is 0 Å². The number of likely N-dealkylation sites (tertiary alicyclic amines) is 3. The number of piperidine rings is 3. The van der Waals surface area contributed by atoms with Gasteiger partial charge in [-0.1, -0.05) is 49.2 Å². The number of halogens is 1. The standard InChI is InChI=1S/C38H48ClN7O3/c1-2-26-20-25(22-31(39)35(26)40)21-27(37(48)45-18-10-28(11-19-45)43-14-6-3-7-15-43)23-34(47)44-16-12-29(13-17-44)46-33-24-41-32-9-5-4-8-30(32)36(33)42-38(46)49/h4-5,8-9,20,22,24,27-29H,2-3,6-7,10-19,21,23,40H2,1H3,(H,42,49)/t27-/m0/s1. The fourth-order valence-corrected chi connectivity index (χ4v) is 8.73. The third-order valence-corrected chi connectivity index (χ3v) is 11.6. The molecule has 0 spiro atoms. The normalized spacial score (nSPS) is 19.1. The second-order valence-electron chi connectivity index (χ2n) is 14.2. The van der Waals surface area contributed by atoms with E-state index in [-0.39, 0.29) is 30.0 Å². The number of benzene rings is 2. The van der Waals surface area contributed by atoms with Crippen LogP contribution in [0.2, 0.25) is 5.02 Å². The number of nitrogens with two attached hydrogens (primary N) is 1. The highest BCUT2D eigenvalue weighted by molar-refractivity contribution is 6.33. The number of carbonyl (C=O) groups is 2. The van der Waals surface area contributed by atoms with Gasteiger partial charge in [-0.25, -0.2) is 4.79 Å². The number of rotatable bonds is 8. The number of nitrogens with one attached hydrogen (secondary N) is 1. The van der Waals surface area contributed by atoms with Gasteiger partial charge in [-0.2, -0.15) is 0 Å². The van der Waals surface area contributed by atoms with E-state index in [1.807, 2.05) is 57.7 Å². The van der Waals surface area contributed by atoms with Crippen LogP contribution >= 0.6 is 11.6 Å². The number of anilines is 1. The lowest BCUT2D eigenvalue weighted by atomic mass is 9.91. The van der Waals surface area contributed by atoms with Crippen molar-refractivity contribution in [1.82, 2.24) is 29.2 Å². The first-order valence-corrected chi connectivity index (χ1v) is 18.5. The molecular formula is C38H48ClN7O3. The number of nitrogens with zero attached hydrogens (tertiary/aromatic N) is 5. The summed E-state index contributed by atoms with van der Waals surface area (Å²) in [6, 6.07) is 12.2. The molecule has 11 heteroatoms. The third kappa shape index (κ3) is 6.95. The molecule has 3 saturated heterocycles. The monoisotopic (exact) mass is 685 g/mol. The zero-order valence-electron chi connectivity index (χ0n) is 28.5. The summed E-state index contributed by atoms with van der Waals surface area (Å²) in [4.78, 5) is 55.4. The van der Waals surface area contributed by atoms with E-state index in [4.69, 9.17) is 17.3 Å². The summed E-state index contributed by atoms with van der Waals surface area (Å²) in [5.74, 6) is -0.454. The van der Waals surface area contributed by atoms with Crippen LogP contribution in [0.4, 0.5) is 5.69 Å². The molecule has 1 atom stereocenters. The van der Waals surface area contributed by atoms with Crippen LogP contribution in [0.3, 0.4) is 0 Å². The van der Waals surface area contributed by atoms with Crippen molar-refractivity contribution >= 4 is 51.0 Å². The molecule has 2 aromatic heterocycles. The van der Waals surface area contributed by atoms with Crippen LogP contribution in [0, 0.1) is 5.92 Å². The fourth-order valence-electron chi connectivity index (χ4n) is 8.47. The Morgan fingerprint density at radius 2 is 1.65 bits per heavy atom. The van der Waals surface area contributed by atoms with Gasteiger partial charge in [0.25, 0.3) is 0 Å². The number of imidazole rings is 1. The van der Waals surface area contributed by atoms with E-state index in [1.54, 1.807) is 6.20 Å². The first kappa shape index (κ1) is 33.6. The van der Waals surface area contributed by atoms with Gasteiger partial charge in [0.15, 0.2) is 0 Å². The minimum Gasteiger partial charge on any atom is -0.397 e. The van der Waals surface area contributed by atoms with Gasteiger partial charge in [0.2, 0.25) is 11.8 Å². The van der Waals surface area contributed by atoms with Crippen molar-refractivity contribution in [1.29, 1.82) is 0 Å². The average Bonchev–Trinajstić information content (AvgIpc) is 3.49. The second kappa shape index (κ2) is 14.5. The Kier molecular flexibility index (Phi) is 9.96. The van der Waals surface area contributed by atoms with E-state index in [0.717, 1.165) is 78.5 Å².